The number of unbranched alkanes of at least 4 members (excludes halogenated alkanes) is 2. The molecule has 0 aliphatic rings. The van der Waals surface area contributed by atoms with Gasteiger partial charge in [-0.05, 0) is 40.5 Å². The highest BCUT2D eigenvalue weighted by molar-refractivity contribution is 7.89. The summed E-state index contributed by atoms with van der Waals surface area (Å²) < 4.78 is 48.3. The number of rotatable bonds is 22. The molecule has 2 unspecified atom stereocenters. The maximum atomic E-state index is 13.7. The maximum Gasteiger partial charge on any atom is 0.410 e. The molecule has 0 aromatic rings. The third-order valence-electron chi connectivity index (χ3n) is 6.95. The van der Waals surface area contributed by atoms with Gasteiger partial charge in [-0.15, -0.1) is 0 Å². The Morgan fingerprint density at radius 1 is 0.568 bits per heavy atom. The SMILES string of the molecule is CCCCC(C)(C)N(CC)P(OS(=O)(=O)OP(N(CC)CC)N(CC)C(C)(C)CCCC)N(CC)CC. The molecular formula is C26H60N4O4P2S. The monoisotopic (exact) mass is 586 g/mol. The van der Waals surface area contributed by atoms with E-state index in [9.17, 15) is 8.42 Å². The summed E-state index contributed by atoms with van der Waals surface area (Å²) >= 11 is 0. The van der Waals surface area contributed by atoms with Crippen LogP contribution in [-0.4, -0.2) is 77.4 Å². The molecule has 0 bridgehead atoms. The summed E-state index contributed by atoms with van der Waals surface area (Å²) in [5, 5.41) is 0. The van der Waals surface area contributed by atoms with Crippen LogP contribution < -0.4 is 0 Å². The van der Waals surface area contributed by atoms with E-state index in [0.717, 1.165) is 38.5 Å². The lowest BCUT2D eigenvalue weighted by Crippen LogP contribution is -2.45. The van der Waals surface area contributed by atoms with Crippen LogP contribution in [0.3, 0.4) is 0 Å². The molecule has 0 heterocycles. The minimum absolute atomic E-state index is 0.199. The van der Waals surface area contributed by atoms with Gasteiger partial charge in [-0.25, -0.2) is 18.7 Å². The Hall–Kier alpha value is 0.570. The fourth-order valence-corrected chi connectivity index (χ4v) is 10.9. The van der Waals surface area contributed by atoms with Crippen LogP contribution >= 0.6 is 16.9 Å². The molecule has 0 aliphatic carbocycles. The van der Waals surface area contributed by atoms with Gasteiger partial charge in [-0.1, -0.05) is 81.1 Å². The Bertz CT molecular complexity index is 653. The first-order valence-electron chi connectivity index (χ1n) is 14.5. The van der Waals surface area contributed by atoms with Crippen LogP contribution in [0.25, 0.3) is 0 Å². The molecule has 11 heteroatoms. The standard InChI is InChI=1S/C26H60N4O4P2S/c1-13-21-23-25(9,10)29(19-7)35(27(15-3)16-4)33-37(31,32)34-36(28(17-5)18-6)30(20-8)26(11,12)24-22-14-2/h13-24H2,1-12H3. The predicted molar refractivity (Wildman–Crippen MR) is 163 cm³/mol. The van der Waals surface area contributed by atoms with Crippen LogP contribution in [-0.2, 0) is 18.3 Å². The quantitative estimate of drug-likeness (QED) is 0.118. The van der Waals surface area contributed by atoms with E-state index in [1.54, 1.807) is 0 Å². The number of nitrogens with zero attached hydrogens (tertiary/aromatic N) is 4. The highest BCUT2D eigenvalue weighted by Crippen LogP contribution is 2.56. The zero-order valence-electron chi connectivity index (χ0n) is 26.2. The molecule has 0 aromatic carbocycles. The molecular weight excluding hydrogens is 526 g/mol. The second kappa shape index (κ2) is 18.1. The zero-order valence-corrected chi connectivity index (χ0v) is 28.8. The number of hydrogen-bond donors (Lipinski definition) is 0. The topological polar surface area (TPSA) is 65.6 Å². The normalized spacial score (nSPS) is 15.4. The summed E-state index contributed by atoms with van der Waals surface area (Å²) in [5.74, 6) is 0. The van der Waals surface area contributed by atoms with Crippen LogP contribution in [0.15, 0.2) is 0 Å². The molecule has 0 saturated heterocycles. The van der Waals surface area contributed by atoms with Gasteiger partial charge in [0.2, 0.25) is 16.9 Å². The van der Waals surface area contributed by atoms with Crippen molar-refractivity contribution in [3.8, 4) is 0 Å². The van der Waals surface area contributed by atoms with Crippen molar-refractivity contribution in [3.63, 3.8) is 0 Å². The van der Waals surface area contributed by atoms with Gasteiger partial charge < -0.3 is 0 Å². The summed E-state index contributed by atoms with van der Waals surface area (Å²) in [7, 11) is -7.44. The van der Waals surface area contributed by atoms with E-state index in [0.29, 0.717) is 39.3 Å². The van der Waals surface area contributed by atoms with Gasteiger partial charge in [-0.3, -0.25) is 0 Å². The fourth-order valence-electron chi connectivity index (χ4n) is 4.63. The first-order chi connectivity index (χ1) is 17.2. The first kappa shape index (κ1) is 37.6. The van der Waals surface area contributed by atoms with Crippen LogP contribution in [0, 0.1) is 0 Å². The van der Waals surface area contributed by atoms with E-state index >= 15 is 0 Å². The lowest BCUT2D eigenvalue weighted by atomic mass is 9.97. The van der Waals surface area contributed by atoms with Gasteiger partial charge >= 0.3 is 10.4 Å². The highest BCUT2D eigenvalue weighted by atomic mass is 32.3. The average molecular weight is 587 g/mol. The molecule has 0 rings (SSSR count). The first-order valence-corrected chi connectivity index (χ1v) is 18.2. The van der Waals surface area contributed by atoms with Gasteiger partial charge in [0.1, 0.15) is 0 Å². The van der Waals surface area contributed by atoms with E-state index in [4.69, 9.17) is 7.94 Å². The van der Waals surface area contributed by atoms with Gasteiger partial charge in [0.15, 0.2) is 0 Å². The predicted octanol–water partition coefficient (Wildman–Crippen LogP) is 7.98. The van der Waals surface area contributed by atoms with Gasteiger partial charge in [0.05, 0.1) is 0 Å². The summed E-state index contributed by atoms with van der Waals surface area (Å²) in [4.78, 5) is 0. The van der Waals surface area contributed by atoms with Gasteiger partial charge in [0.25, 0.3) is 0 Å². The van der Waals surface area contributed by atoms with E-state index in [1.807, 2.05) is 0 Å². The Kier molecular flexibility index (Phi) is 18.4. The molecule has 8 nitrogen and oxygen atoms in total. The van der Waals surface area contributed by atoms with Crippen LogP contribution in [0.5, 0.6) is 0 Å². The Morgan fingerprint density at radius 2 is 0.865 bits per heavy atom. The summed E-state index contributed by atoms with van der Waals surface area (Å²) in [6, 6.07) is 0. The molecule has 0 N–H and O–H groups in total. The molecule has 2 atom stereocenters. The molecule has 0 saturated carbocycles. The van der Waals surface area contributed by atoms with Crippen molar-refractivity contribution in [2.45, 2.75) is 133 Å². The van der Waals surface area contributed by atoms with Crippen molar-refractivity contribution in [1.29, 1.82) is 0 Å². The summed E-state index contributed by atoms with van der Waals surface area (Å²) in [5.41, 5.74) is -0.397. The zero-order chi connectivity index (χ0) is 28.9. The van der Waals surface area contributed by atoms with Crippen molar-refractivity contribution in [1.82, 2.24) is 18.7 Å². The van der Waals surface area contributed by atoms with Crippen molar-refractivity contribution >= 4 is 27.3 Å². The lowest BCUT2D eigenvalue weighted by Gasteiger charge is -2.46. The largest absolute Gasteiger partial charge is 0.410 e. The Morgan fingerprint density at radius 3 is 1.08 bits per heavy atom. The molecule has 0 amide bonds. The minimum Gasteiger partial charge on any atom is -0.247 e. The van der Waals surface area contributed by atoms with Crippen LogP contribution in [0.1, 0.15) is 122 Å². The van der Waals surface area contributed by atoms with Crippen molar-refractivity contribution < 1.29 is 16.4 Å². The molecule has 0 fully saturated rings. The van der Waals surface area contributed by atoms with E-state index in [-0.39, 0.29) is 11.1 Å². The number of hydrogen-bond acceptors (Lipinski definition) is 8. The Labute approximate surface area is 234 Å². The van der Waals surface area contributed by atoms with Crippen LogP contribution in [0.2, 0.25) is 0 Å². The van der Waals surface area contributed by atoms with E-state index < -0.39 is 27.3 Å². The average Bonchev–Trinajstić information content (AvgIpc) is 2.83. The third-order valence-corrected chi connectivity index (χ3v) is 14.1. The minimum atomic E-state index is -4.29. The third kappa shape index (κ3) is 11.9. The van der Waals surface area contributed by atoms with Crippen molar-refractivity contribution in [2.75, 3.05) is 39.3 Å². The lowest BCUT2D eigenvalue weighted by molar-refractivity contribution is 0.188. The smallest absolute Gasteiger partial charge is 0.247 e. The fraction of sp³-hybridized carbons (Fsp3) is 1.00. The van der Waals surface area contributed by atoms with Crippen molar-refractivity contribution in [2.24, 2.45) is 0 Å². The van der Waals surface area contributed by atoms with E-state index in [1.165, 1.54) is 0 Å². The second-order valence-electron chi connectivity index (χ2n) is 10.6. The molecule has 0 aliphatic heterocycles. The maximum absolute atomic E-state index is 13.7. The summed E-state index contributed by atoms with van der Waals surface area (Å²) in [6.45, 7) is 29.7. The van der Waals surface area contributed by atoms with Gasteiger partial charge in [0, 0.05) is 50.3 Å². The van der Waals surface area contributed by atoms with Gasteiger partial charge in [-0.2, -0.15) is 16.4 Å². The van der Waals surface area contributed by atoms with E-state index in [2.05, 4.69) is 102 Å². The van der Waals surface area contributed by atoms with Crippen LogP contribution in [0.4, 0.5) is 0 Å². The Balaban J connectivity index is 6.37. The highest BCUT2D eigenvalue weighted by Gasteiger charge is 2.42. The summed E-state index contributed by atoms with van der Waals surface area (Å²) in [6.07, 6.45) is 6.31. The molecule has 37 heavy (non-hydrogen) atoms. The second-order valence-corrected chi connectivity index (χ2v) is 15.7. The molecule has 0 aromatic heterocycles. The molecule has 0 spiro atoms. The molecule has 224 valence electrons. The van der Waals surface area contributed by atoms with Crippen molar-refractivity contribution in [3.05, 3.63) is 0 Å². The molecule has 0 radical (unpaired) electrons.